The molecule has 1 saturated heterocycles. The van der Waals surface area contributed by atoms with Crippen molar-refractivity contribution in [2.75, 3.05) is 38.3 Å². The highest BCUT2D eigenvalue weighted by molar-refractivity contribution is 7.89. The molecule has 0 radical (unpaired) electrons. The summed E-state index contributed by atoms with van der Waals surface area (Å²) < 4.78 is 47.6. The Morgan fingerprint density at radius 3 is 2.47 bits per heavy atom. The minimum Gasteiger partial charge on any atom is -0.485 e. The standard InChI is InChI=1S/C30H36N2O5S/c1-23(25-12-7-4-8-13-25)32-19-28(22-36-20-24-10-5-3-6-11-24)37-29-18-26(15-16-30(29)38(32,33)34)31-17-9-14-27(31)21-35-2/h3-8,10-13,15-16,18,23,27-28H,9,14,17,19-22H2,1-2H3/t23-,27-,28+/m1/s1. The van der Waals surface area contributed by atoms with Gasteiger partial charge in [0.1, 0.15) is 16.7 Å². The van der Waals surface area contributed by atoms with Gasteiger partial charge in [0.05, 0.1) is 32.4 Å². The van der Waals surface area contributed by atoms with Crippen LogP contribution in [-0.4, -0.2) is 58.3 Å². The topological polar surface area (TPSA) is 68.3 Å². The third-order valence-corrected chi connectivity index (χ3v) is 9.36. The van der Waals surface area contributed by atoms with Gasteiger partial charge in [0, 0.05) is 31.5 Å². The maximum atomic E-state index is 14.1. The van der Waals surface area contributed by atoms with Crippen molar-refractivity contribution < 1.29 is 22.6 Å². The Balaban J connectivity index is 1.46. The number of anilines is 1. The fourth-order valence-electron chi connectivity index (χ4n) is 5.40. The zero-order valence-electron chi connectivity index (χ0n) is 22.0. The number of methoxy groups -OCH3 is 1. The molecule has 0 unspecified atom stereocenters. The van der Waals surface area contributed by atoms with E-state index in [1.807, 2.05) is 79.7 Å². The highest BCUT2D eigenvalue weighted by atomic mass is 32.2. The molecule has 0 aromatic heterocycles. The van der Waals surface area contributed by atoms with Gasteiger partial charge >= 0.3 is 0 Å². The molecular weight excluding hydrogens is 500 g/mol. The highest BCUT2D eigenvalue weighted by Crippen LogP contribution is 2.39. The average Bonchev–Trinajstić information content (AvgIpc) is 3.36. The van der Waals surface area contributed by atoms with Crippen LogP contribution in [0.25, 0.3) is 0 Å². The largest absolute Gasteiger partial charge is 0.485 e. The molecule has 0 saturated carbocycles. The lowest BCUT2D eigenvalue weighted by Gasteiger charge is -2.29. The monoisotopic (exact) mass is 536 g/mol. The molecule has 3 aromatic rings. The van der Waals surface area contributed by atoms with Crippen LogP contribution in [-0.2, 0) is 26.1 Å². The number of fused-ring (bicyclic) bond motifs is 1. The lowest BCUT2D eigenvalue weighted by Crippen LogP contribution is -2.40. The quantitative estimate of drug-likeness (QED) is 0.382. The molecule has 0 bridgehead atoms. The Labute approximate surface area is 226 Å². The van der Waals surface area contributed by atoms with E-state index in [0.717, 1.165) is 36.2 Å². The Morgan fingerprint density at radius 2 is 1.74 bits per heavy atom. The van der Waals surface area contributed by atoms with Gasteiger partial charge < -0.3 is 19.1 Å². The molecule has 3 atom stereocenters. The van der Waals surface area contributed by atoms with Crippen molar-refractivity contribution in [2.45, 2.75) is 49.5 Å². The second kappa shape index (κ2) is 11.9. The molecule has 1 fully saturated rings. The summed E-state index contributed by atoms with van der Waals surface area (Å²) in [5.74, 6) is 0.377. The SMILES string of the molecule is COC[C@H]1CCCN1c1ccc2c(c1)O[C@H](COCc1ccccc1)CN([C@H](C)c1ccccc1)S2(=O)=O. The molecule has 0 aliphatic carbocycles. The molecule has 202 valence electrons. The van der Waals surface area contributed by atoms with Gasteiger partial charge in [-0.2, -0.15) is 4.31 Å². The van der Waals surface area contributed by atoms with Crippen molar-refractivity contribution in [3.63, 3.8) is 0 Å². The summed E-state index contributed by atoms with van der Waals surface area (Å²) in [6, 6.07) is 25.0. The summed E-state index contributed by atoms with van der Waals surface area (Å²) in [5.41, 5.74) is 2.94. The molecule has 3 aromatic carbocycles. The van der Waals surface area contributed by atoms with Crippen LogP contribution in [0.15, 0.2) is 83.8 Å². The molecule has 2 aliphatic rings. The molecular formula is C30H36N2O5S. The number of nitrogens with zero attached hydrogens (tertiary/aromatic N) is 2. The molecule has 0 N–H and O–H groups in total. The van der Waals surface area contributed by atoms with E-state index in [-0.39, 0.29) is 30.1 Å². The first-order valence-electron chi connectivity index (χ1n) is 13.2. The van der Waals surface area contributed by atoms with Crippen molar-refractivity contribution >= 4 is 15.7 Å². The first kappa shape index (κ1) is 26.7. The summed E-state index contributed by atoms with van der Waals surface area (Å²) in [6.45, 7) is 4.35. The van der Waals surface area contributed by atoms with E-state index in [9.17, 15) is 8.42 Å². The Hall–Kier alpha value is -2.91. The van der Waals surface area contributed by atoms with Crippen molar-refractivity contribution in [3.05, 3.63) is 90.0 Å². The number of benzene rings is 3. The number of hydrogen-bond donors (Lipinski definition) is 0. The van der Waals surface area contributed by atoms with E-state index >= 15 is 0 Å². The summed E-state index contributed by atoms with van der Waals surface area (Å²) in [5, 5.41) is 0. The maximum absolute atomic E-state index is 14.1. The fraction of sp³-hybridized carbons (Fsp3) is 0.400. The van der Waals surface area contributed by atoms with Crippen LogP contribution < -0.4 is 9.64 Å². The normalized spacial score (nSPS) is 21.9. The Morgan fingerprint density at radius 1 is 1.00 bits per heavy atom. The summed E-state index contributed by atoms with van der Waals surface area (Å²) in [6.07, 6.45) is 1.65. The van der Waals surface area contributed by atoms with Crippen LogP contribution in [0.4, 0.5) is 5.69 Å². The van der Waals surface area contributed by atoms with Gasteiger partial charge in [-0.15, -0.1) is 0 Å². The lowest BCUT2D eigenvalue weighted by atomic mass is 10.1. The van der Waals surface area contributed by atoms with Crippen LogP contribution in [0.3, 0.4) is 0 Å². The lowest BCUT2D eigenvalue weighted by molar-refractivity contribution is 0.0313. The predicted octanol–water partition coefficient (Wildman–Crippen LogP) is 5.03. The van der Waals surface area contributed by atoms with E-state index in [2.05, 4.69) is 4.90 Å². The van der Waals surface area contributed by atoms with E-state index in [4.69, 9.17) is 14.2 Å². The zero-order chi connectivity index (χ0) is 26.5. The predicted molar refractivity (Wildman–Crippen MR) is 148 cm³/mol. The molecule has 2 heterocycles. The number of sulfonamides is 1. The van der Waals surface area contributed by atoms with E-state index < -0.39 is 16.1 Å². The van der Waals surface area contributed by atoms with Gasteiger partial charge in [0.25, 0.3) is 0 Å². The van der Waals surface area contributed by atoms with Gasteiger partial charge in [-0.05, 0) is 43.0 Å². The van der Waals surface area contributed by atoms with Crippen molar-refractivity contribution in [2.24, 2.45) is 0 Å². The van der Waals surface area contributed by atoms with E-state index in [1.54, 1.807) is 17.5 Å². The maximum Gasteiger partial charge on any atom is 0.247 e. The van der Waals surface area contributed by atoms with Crippen LogP contribution >= 0.6 is 0 Å². The zero-order valence-corrected chi connectivity index (χ0v) is 22.8. The van der Waals surface area contributed by atoms with Crippen LogP contribution in [0.2, 0.25) is 0 Å². The van der Waals surface area contributed by atoms with Crippen molar-refractivity contribution in [1.82, 2.24) is 4.31 Å². The van der Waals surface area contributed by atoms with E-state index in [1.165, 1.54) is 0 Å². The van der Waals surface area contributed by atoms with E-state index in [0.29, 0.717) is 19.0 Å². The molecule has 2 aliphatic heterocycles. The second-order valence-electron chi connectivity index (χ2n) is 9.98. The minimum atomic E-state index is -3.83. The number of ether oxygens (including phenoxy) is 3. The fourth-order valence-corrected chi connectivity index (χ4v) is 7.15. The third-order valence-electron chi connectivity index (χ3n) is 7.39. The third kappa shape index (κ3) is 5.73. The Bertz CT molecular complexity index is 1300. The Kier molecular flexibility index (Phi) is 8.33. The van der Waals surface area contributed by atoms with Crippen LogP contribution in [0, 0.1) is 0 Å². The van der Waals surface area contributed by atoms with Gasteiger partial charge in [-0.3, -0.25) is 0 Å². The highest BCUT2D eigenvalue weighted by Gasteiger charge is 2.39. The van der Waals surface area contributed by atoms with Gasteiger partial charge in [0.15, 0.2) is 0 Å². The minimum absolute atomic E-state index is 0.188. The molecule has 5 rings (SSSR count). The number of rotatable bonds is 9. The molecule has 0 amide bonds. The summed E-state index contributed by atoms with van der Waals surface area (Å²) >= 11 is 0. The smallest absolute Gasteiger partial charge is 0.247 e. The van der Waals surface area contributed by atoms with Crippen molar-refractivity contribution in [3.8, 4) is 5.75 Å². The molecule has 8 heteroatoms. The summed E-state index contributed by atoms with van der Waals surface area (Å²) in [7, 11) is -2.12. The molecule has 7 nitrogen and oxygen atoms in total. The molecule has 0 spiro atoms. The first-order valence-corrected chi connectivity index (χ1v) is 14.7. The van der Waals surface area contributed by atoms with Gasteiger partial charge in [0.2, 0.25) is 10.0 Å². The van der Waals surface area contributed by atoms with Crippen LogP contribution in [0.1, 0.15) is 36.9 Å². The average molecular weight is 537 g/mol. The molecule has 38 heavy (non-hydrogen) atoms. The van der Waals surface area contributed by atoms with Gasteiger partial charge in [-0.25, -0.2) is 8.42 Å². The summed E-state index contributed by atoms with van der Waals surface area (Å²) in [4.78, 5) is 2.48. The van der Waals surface area contributed by atoms with Crippen LogP contribution in [0.5, 0.6) is 5.75 Å². The second-order valence-corrected chi connectivity index (χ2v) is 11.8. The number of hydrogen-bond acceptors (Lipinski definition) is 6. The first-order chi connectivity index (χ1) is 18.5. The van der Waals surface area contributed by atoms with Crippen molar-refractivity contribution in [1.29, 1.82) is 0 Å². The van der Waals surface area contributed by atoms with Gasteiger partial charge in [-0.1, -0.05) is 60.7 Å².